The van der Waals surface area contributed by atoms with Crippen molar-refractivity contribution in [3.8, 4) is 5.75 Å². The van der Waals surface area contributed by atoms with Gasteiger partial charge in [0.1, 0.15) is 17.4 Å². The first kappa shape index (κ1) is 20.1. The first-order valence-electron chi connectivity index (χ1n) is 9.37. The minimum absolute atomic E-state index is 0.0241. The molecule has 0 aliphatic carbocycles. The van der Waals surface area contributed by atoms with E-state index in [4.69, 9.17) is 4.74 Å². The van der Waals surface area contributed by atoms with Crippen molar-refractivity contribution in [3.05, 3.63) is 81.3 Å². The summed E-state index contributed by atoms with van der Waals surface area (Å²) in [5.41, 5.74) is 4.34. The molecule has 0 aliphatic heterocycles. The minimum Gasteiger partial charge on any atom is -0.486 e. The summed E-state index contributed by atoms with van der Waals surface area (Å²) in [6.45, 7) is 6.57. The zero-order valence-corrected chi connectivity index (χ0v) is 17.6. The number of hydrogen-bond donors (Lipinski definition) is 0. The molecule has 0 saturated carbocycles. The number of benzene rings is 2. The van der Waals surface area contributed by atoms with Crippen molar-refractivity contribution in [2.75, 3.05) is 7.05 Å². The van der Waals surface area contributed by atoms with Crippen LogP contribution < -0.4 is 4.74 Å². The molecule has 0 aliphatic rings. The first-order chi connectivity index (χ1) is 13.4. The van der Waals surface area contributed by atoms with Crippen LogP contribution in [0.1, 0.15) is 40.4 Å². The highest BCUT2D eigenvalue weighted by Crippen LogP contribution is 2.21. The summed E-state index contributed by atoms with van der Waals surface area (Å²) in [6.07, 6.45) is 0.299. The average molecular weight is 395 g/mol. The average Bonchev–Trinajstić information content (AvgIpc) is 3.14. The Hall–Kier alpha value is -2.66. The monoisotopic (exact) mass is 394 g/mol. The molecule has 0 N–H and O–H groups in total. The summed E-state index contributed by atoms with van der Waals surface area (Å²) in [7, 11) is 1.85. The highest BCUT2D eigenvalue weighted by atomic mass is 32.1. The number of carbonyl (C=O) groups is 1. The molecule has 0 radical (unpaired) electrons. The second-order valence-electron chi connectivity index (χ2n) is 7.10. The summed E-state index contributed by atoms with van der Waals surface area (Å²) < 4.78 is 5.77. The second kappa shape index (κ2) is 9.02. The maximum atomic E-state index is 12.7. The molecule has 1 heterocycles. The van der Waals surface area contributed by atoms with Gasteiger partial charge in [0.15, 0.2) is 0 Å². The predicted octanol–water partition coefficient (Wildman–Crippen LogP) is 5.10. The summed E-state index contributed by atoms with van der Waals surface area (Å²) in [6, 6.07) is 16.3. The molecular weight excluding hydrogens is 368 g/mol. The van der Waals surface area contributed by atoms with Crippen LogP contribution in [-0.4, -0.2) is 22.8 Å². The maximum Gasteiger partial charge on any atom is 0.228 e. The Morgan fingerprint density at radius 2 is 1.68 bits per heavy atom. The smallest absolute Gasteiger partial charge is 0.228 e. The second-order valence-corrected chi connectivity index (χ2v) is 8.05. The van der Waals surface area contributed by atoms with E-state index in [9.17, 15) is 4.79 Å². The van der Waals surface area contributed by atoms with Crippen molar-refractivity contribution in [2.24, 2.45) is 0 Å². The molecule has 4 nitrogen and oxygen atoms in total. The van der Waals surface area contributed by atoms with Crippen LogP contribution in [0.4, 0.5) is 0 Å². The zero-order chi connectivity index (χ0) is 20.1. The van der Waals surface area contributed by atoms with Gasteiger partial charge in [0.05, 0.1) is 18.2 Å². The van der Waals surface area contributed by atoms with Crippen LogP contribution in [0.15, 0.2) is 53.9 Å². The van der Waals surface area contributed by atoms with E-state index in [1.165, 1.54) is 22.5 Å². The molecule has 146 valence electrons. The van der Waals surface area contributed by atoms with Gasteiger partial charge in [-0.05, 0) is 38.5 Å². The van der Waals surface area contributed by atoms with Crippen molar-refractivity contribution in [2.45, 2.75) is 39.8 Å². The minimum atomic E-state index is 0.0241. The van der Waals surface area contributed by atoms with Gasteiger partial charge in [-0.3, -0.25) is 4.79 Å². The molecule has 1 unspecified atom stereocenters. The number of likely N-dealkylation sites (N-methyl/N-ethyl adjacent to an activating group) is 1. The maximum absolute atomic E-state index is 12.7. The van der Waals surface area contributed by atoms with Gasteiger partial charge < -0.3 is 9.64 Å². The van der Waals surface area contributed by atoms with E-state index in [-0.39, 0.29) is 11.9 Å². The molecule has 2 aromatic carbocycles. The Labute approximate surface area is 170 Å². The van der Waals surface area contributed by atoms with Gasteiger partial charge in [-0.25, -0.2) is 4.98 Å². The Balaban J connectivity index is 1.55. The van der Waals surface area contributed by atoms with Gasteiger partial charge in [0, 0.05) is 12.4 Å². The number of aromatic nitrogens is 1. The van der Waals surface area contributed by atoms with E-state index < -0.39 is 0 Å². The van der Waals surface area contributed by atoms with E-state index in [1.54, 1.807) is 4.90 Å². The molecule has 1 aromatic heterocycles. The van der Waals surface area contributed by atoms with Crippen LogP contribution in [0.5, 0.6) is 5.75 Å². The fraction of sp³-hybridized carbons (Fsp3) is 0.304. The fourth-order valence-electron chi connectivity index (χ4n) is 2.84. The van der Waals surface area contributed by atoms with Crippen molar-refractivity contribution in [1.82, 2.24) is 9.88 Å². The topological polar surface area (TPSA) is 42.4 Å². The van der Waals surface area contributed by atoms with Crippen LogP contribution in [0.2, 0.25) is 0 Å². The lowest BCUT2D eigenvalue weighted by Gasteiger charge is -2.25. The van der Waals surface area contributed by atoms with Gasteiger partial charge in [-0.1, -0.05) is 47.5 Å². The standard InChI is InChI=1S/C23H26N2O2S/c1-16-5-9-19(10-6-16)18(3)25(4)23(26)13-20-15-28-22(24-20)14-27-21-11-7-17(2)8-12-21/h5-12,15,18H,13-14H2,1-4H3. The number of amides is 1. The van der Waals surface area contributed by atoms with E-state index >= 15 is 0 Å². The van der Waals surface area contributed by atoms with Gasteiger partial charge in [-0.2, -0.15) is 0 Å². The first-order valence-corrected chi connectivity index (χ1v) is 10.3. The number of ether oxygens (including phenoxy) is 1. The molecular formula is C23H26N2O2S. The molecule has 1 amide bonds. The predicted molar refractivity (Wildman–Crippen MR) is 114 cm³/mol. The molecule has 0 bridgehead atoms. The number of nitrogens with zero attached hydrogens (tertiary/aromatic N) is 2. The fourth-order valence-corrected chi connectivity index (χ4v) is 3.55. The summed E-state index contributed by atoms with van der Waals surface area (Å²) in [4.78, 5) is 19.0. The molecule has 5 heteroatoms. The number of thiazole rings is 1. The van der Waals surface area contributed by atoms with Crippen LogP contribution in [-0.2, 0) is 17.8 Å². The van der Waals surface area contributed by atoms with Gasteiger partial charge in [0.25, 0.3) is 0 Å². The molecule has 28 heavy (non-hydrogen) atoms. The lowest BCUT2D eigenvalue weighted by Crippen LogP contribution is -2.31. The molecule has 0 spiro atoms. The highest BCUT2D eigenvalue weighted by Gasteiger charge is 2.18. The molecule has 1 atom stereocenters. The highest BCUT2D eigenvalue weighted by molar-refractivity contribution is 7.09. The van der Waals surface area contributed by atoms with E-state index in [0.717, 1.165) is 22.0 Å². The number of hydrogen-bond acceptors (Lipinski definition) is 4. The third kappa shape index (κ3) is 5.20. The summed E-state index contributed by atoms with van der Waals surface area (Å²) in [5.74, 6) is 0.884. The molecule has 0 saturated heterocycles. The van der Waals surface area contributed by atoms with Gasteiger partial charge >= 0.3 is 0 Å². The molecule has 0 fully saturated rings. The van der Waals surface area contributed by atoms with Crippen LogP contribution in [0.3, 0.4) is 0 Å². The normalized spacial score (nSPS) is 11.9. The number of aryl methyl sites for hydroxylation is 2. The van der Waals surface area contributed by atoms with Crippen molar-refractivity contribution < 1.29 is 9.53 Å². The summed E-state index contributed by atoms with van der Waals surface area (Å²) >= 11 is 1.53. The van der Waals surface area contributed by atoms with Crippen molar-refractivity contribution in [1.29, 1.82) is 0 Å². The van der Waals surface area contributed by atoms with Crippen LogP contribution in [0, 0.1) is 13.8 Å². The van der Waals surface area contributed by atoms with E-state index in [1.807, 2.05) is 50.5 Å². The van der Waals surface area contributed by atoms with Gasteiger partial charge in [0.2, 0.25) is 5.91 Å². The van der Waals surface area contributed by atoms with Crippen molar-refractivity contribution >= 4 is 17.2 Å². The number of carbonyl (C=O) groups excluding carboxylic acids is 1. The van der Waals surface area contributed by atoms with E-state index in [2.05, 4.69) is 36.2 Å². The van der Waals surface area contributed by atoms with Crippen molar-refractivity contribution in [3.63, 3.8) is 0 Å². The Kier molecular flexibility index (Phi) is 6.47. The Morgan fingerprint density at radius 3 is 2.32 bits per heavy atom. The number of rotatable bonds is 7. The Bertz CT molecular complexity index is 917. The molecule has 3 aromatic rings. The molecule has 3 rings (SSSR count). The quantitative estimate of drug-likeness (QED) is 0.560. The van der Waals surface area contributed by atoms with Crippen LogP contribution >= 0.6 is 11.3 Å². The van der Waals surface area contributed by atoms with Gasteiger partial charge in [-0.15, -0.1) is 11.3 Å². The largest absolute Gasteiger partial charge is 0.486 e. The van der Waals surface area contributed by atoms with Crippen LogP contribution in [0.25, 0.3) is 0 Å². The lowest BCUT2D eigenvalue weighted by atomic mass is 10.1. The zero-order valence-electron chi connectivity index (χ0n) is 16.8. The third-order valence-corrected chi connectivity index (χ3v) is 5.72. The third-order valence-electron chi connectivity index (χ3n) is 4.85. The van der Waals surface area contributed by atoms with E-state index in [0.29, 0.717) is 13.0 Å². The lowest BCUT2D eigenvalue weighted by molar-refractivity contribution is -0.131. The Morgan fingerprint density at radius 1 is 1.07 bits per heavy atom. The SMILES string of the molecule is Cc1ccc(OCc2nc(CC(=O)N(C)C(C)c3ccc(C)cc3)cs2)cc1. The summed E-state index contributed by atoms with van der Waals surface area (Å²) in [5, 5.41) is 2.81.